The summed E-state index contributed by atoms with van der Waals surface area (Å²) in [7, 11) is 0. The first-order chi connectivity index (χ1) is 15.9. The summed E-state index contributed by atoms with van der Waals surface area (Å²) >= 11 is 0. The van der Waals surface area contributed by atoms with Crippen molar-refractivity contribution in [2.24, 2.45) is 40.9 Å². The van der Waals surface area contributed by atoms with Crippen molar-refractivity contribution in [3.05, 3.63) is 0 Å². The topological polar surface area (TPSA) is 101 Å². The summed E-state index contributed by atoms with van der Waals surface area (Å²) in [5, 5.41) is 18.9. The number of rotatable bonds is 6. The zero-order valence-corrected chi connectivity index (χ0v) is 19.6. The highest BCUT2D eigenvalue weighted by Gasteiger charge is 2.62. The largest absolute Gasteiger partial charge is 0.481 e. The Balaban J connectivity index is 1.38. The van der Waals surface area contributed by atoms with Gasteiger partial charge in [-0.3, -0.25) is 14.4 Å². The molecule has 9 heteroatoms. The predicted molar refractivity (Wildman–Crippen MR) is 114 cm³/mol. The van der Waals surface area contributed by atoms with Crippen LogP contribution in [0, 0.1) is 40.9 Å². The quantitative estimate of drug-likeness (QED) is 0.533. The second-order valence-corrected chi connectivity index (χ2v) is 11.4. The molecule has 4 saturated carbocycles. The van der Waals surface area contributed by atoms with Gasteiger partial charge in [-0.05, 0) is 92.8 Å². The number of esters is 1. The van der Waals surface area contributed by atoms with Gasteiger partial charge in [-0.15, -0.1) is 0 Å². The number of aliphatic hydroxyl groups is 1. The lowest BCUT2D eigenvalue weighted by Gasteiger charge is -2.57. The number of Topliss-reactive ketones (excluding diaryl/α,β-unsaturated/α-hetero) is 1. The molecule has 0 spiro atoms. The standard InChI is InChI=1S/C25H35F3O6/c1-23-10-8-16-15-9-11-24(33,25(26,27)28)12-14(15)2-3-17(16)18(23)4-5-19(23)20(29)13-34-22(32)7-6-21(30)31/h14-19,33H,2-13H2,1H3,(H,30,31). The molecule has 34 heavy (non-hydrogen) atoms. The molecule has 4 aliphatic rings. The summed E-state index contributed by atoms with van der Waals surface area (Å²) in [6.45, 7) is 1.81. The average molecular weight is 489 g/mol. The second kappa shape index (κ2) is 9.10. The number of hydrogen-bond acceptors (Lipinski definition) is 5. The summed E-state index contributed by atoms with van der Waals surface area (Å²) < 4.78 is 45.3. The van der Waals surface area contributed by atoms with Crippen LogP contribution in [0.5, 0.6) is 0 Å². The molecule has 4 aliphatic carbocycles. The number of carbonyl (C=O) groups is 3. The van der Waals surface area contributed by atoms with Gasteiger partial charge in [0.1, 0.15) is 6.61 Å². The van der Waals surface area contributed by atoms with Crippen LogP contribution in [0.25, 0.3) is 0 Å². The van der Waals surface area contributed by atoms with Crippen LogP contribution in [0.3, 0.4) is 0 Å². The van der Waals surface area contributed by atoms with E-state index < -0.39 is 23.7 Å². The van der Waals surface area contributed by atoms with E-state index in [0.29, 0.717) is 30.6 Å². The highest BCUT2D eigenvalue weighted by atomic mass is 19.4. The number of ether oxygens (including phenoxy) is 1. The van der Waals surface area contributed by atoms with Crippen LogP contribution in [0.15, 0.2) is 0 Å². The van der Waals surface area contributed by atoms with Crippen molar-refractivity contribution in [1.29, 1.82) is 0 Å². The Hall–Kier alpha value is -1.64. The molecule has 4 rings (SSSR count). The second-order valence-electron chi connectivity index (χ2n) is 11.4. The van der Waals surface area contributed by atoms with Gasteiger partial charge in [-0.2, -0.15) is 13.2 Å². The lowest BCUT2D eigenvalue weighted by atomic mass is 9.49. The number of alkyl halides is 3. The summed E-state index contributed by atoms with van der Waals surface area (Å²) in [5.74, 6) is -0.960. The van der Waals surface area contributed by atoms with Crippen molar-refractivity contribution in [3.8, 4) is 0 Å². The number of carbonyl (C=O) groups excluding carboxylic acids is 2. The predicted octanol–water partition coefficient (Wildman–Crippen LogP) is 4.53. The summed E-state index contributed by atoms with van der Waals surface area (Å²) in [4.78, 5) is 35.3. The molecule has 0 aromatic heterocycles. The molecule has 0 aromatic carbocycles. The minimum Gasteiger partial charge on any atom is -0.481 e. The van der Waals surface area contributed by atoms with E-state index in [4.69, 9.17) is 9.84 Å². The number of fused-ring (bicyclic) bond motifs is 5. The van der Waals surface area contributed by atoms with E-state index in [-0.39, 0.29) is 61.2 Å². The third-order valence-corrected chi connectivity index (χ3v) is 9.84. The van der Waals surface area contributed by atoms with Crippen molar-refractivity contribution in [1.82, 2.24) is 0 Å². The third kappa shape index (κ3) is 4.49. The Kier molecular flexibility index (Phi) is 6.81. The van der Waals surface area contributed by atoms with Gasteiger partial charge in [0.05, 0.1) is 12.8 Å². The van der Waals surface area contributed by atoms with E-state index in [2.05, 4.69) is 6.92 Å². The van der Waals surface area contributed by atoms with Gasteiger partial charge < -0.3 is 14.9 Å². The number of hydrogen-bond donors (Lipinski definition) is 2. The van der Waals surface area contributed by atoms with Crippen LogP contribution >= 0.6 is 0 Å². The van der Waals surface area contributed by atoms with Gasteiger partial charge in [0.15, 0.2) is 11.4 Å². The van der Waals surface area contributed by atoms with Crippen molar-refractivity contribution in [2.45, 2.75) is 89.3 Å². The Morgan fingerprint density at radius 1 is 0.941 bits per heavy atom. The zero-order chi connectivity index (χ0) is 24.9. The van der Waals surface area contributed by atoms with E-state index in [1.54, 1.807) is 0 Å². The van der Waals surface area contributed by atoms with Crippen LogP contribution in [0.1, 0.15) is 77.6 Å². The molecule has 4 fully saturated rings. The molecule has 8 atom stereocenters. The van der Waals surface area contributed by atoms with E-state index in [9.17, 15) is 32.7 Å². The average Bonchev–Trinajstić information content (AvgIpc) is 3.12. The Morgan fingerprint density at radius 2 is 1.65 bits per heavy atom. The van der Waals surface area contributed by atoms with Crippen LogP contribution in [0.4, 0.5) is 13.2 Å². The van der Waals surface area contributed by atoms with Crippen LogP contribution < -0.4 is 0 Å². The van der Waals surface area contributed by atoms with Crippen molar-refractivity contribution in [2.75, 3.05) is 6.61 Å². The van der Waals surface area contributed by atoms with Gasteiger partial charge in [0.2, 0.25) is 0 Å². The number of aliphatic carboxylic acids is 1. The first-order valence-corrected chi connectivity index (χ1v) is 12.5. The van der Waals surface area contributed by atoms with Crippen molar-refractivity contribution < 1.29 is 42.5 Å². The van der Waals surface area contributed by atoms with Crippen LogP contribution in [0.2, 0.25) is 0 Å². The van der Waals surface area contributed by atoms with E-state index in [1.165, 1.54) is 0 Å². The smallest absolute Gasteiger partial charge is 0.417 e. The number of halogens is 3. The van der Waals surface area contributed by atoms with Gasteiger partial charge in [-0.1, -0.05) is 6.92 Å². The molecule has 0 radical (unpaired) electrons. The maximum absolute atomic E-state index is 13.4. The first kappa shape index (κ1) is 25.5. The summed E-state index contributed by atoms with van der Waals surface area (Å²) in [6.07, 6.45) is -0.344. The Labute approximate surface area is 197 Å². The summed E-state index contributed by atoms with van der Waals surface area (Å²) in [5.41, 5.74) is -2.77. The fourth-order valence-corrected chi connectivity index (χ4v) is 8.20. The molecule has 0 heterocycles. The minimum absolute atomic E-state index is 0.102. The highest BCUT2D eigenvalue weighted by molar-refractivity contribution is 5.86. The molecule has 8 unspecified atom stereocenters. The third-order valence-electron chi connectivity index (χ3n) is 9.84. The molecule has 0 saturated heterocycles. The maximum Gasteiger partial charge on any atom is 0.417 e. The highest BCUT2D eigenvalue weighted by Crippen LogP contribution is 2.65. The van der Waals surface area contributed by atoms with E-state index >= 15 is 0 Å². The van der Waals surface area contributed by atoms with Crippen LogP contribution in [-0.4, -0.2) is 46.3 Å². The van der Waals surface area contributed by atoms with E-state index in [0.717, 1.165) is 32.1 Å². The maximum atomic E-state index is 13.4. The lowest BCUT2D eigenvalue weighted by molar-refractivity contribution is -0.282. The molecule has 6 nitrogen and oxygen atoms in total. The summed E-state index contributed by atoms with van der Waals surface area (Å²) in [6, 6.07) is 0. The SMILES string of the molecule is CC12CCC3C4CCC(O)(C(F)(F)F)CC4CCC3C1CCC2C(=O)COC(=O)CCC(=O)O. The molecular weight excluding hydrogens is 453 g/mol. The van der Waals surface area contributed by atoms with Gasteiger partial charge >= 0.3 is 18.1 Å². The van der Waals surface area contributed by atoms with Gasteiger partial charge in [-0.25, -0.2) is 0 Å². The molecule has 0 aliphatic heterocycles. The van der Waals surface area contributed by atoms with Gasteiger partial charge in [0, 0.05) is 5.92 Å². The number of carboxylic acids is 1. The number of carboxylic acid groups (broad SMARTS) is 1. The van der Waals surface area contributed by atoms with Crippen molar-refractivity contribution in [3.63, 3.8) is 0 Å². The van der Waals surface area contributed by atoms with Gasteiger partial charge in [0.25, 0.3) is 0 Å². The molecule has 0 aromatic rings. The number of ketones is 1. The first-order valence-electron chi connectivity index (χ1n) is 12.5. The van der Waals surface area contributed by atoms with Crippen molar-refractivity contribution >= 4 is 17.7 Å². The van der Waals surface area contributed by atoms with Crippen LogP contribution in [-0.2, 0) is 19.1 Å². The van der Waals surface area contributed by atoms with E-state index in [1.807, 2.05) is 0 Å². The minimum atomic E-state index is -4.59. The zero-order valence-electron chi connectivity index (χ0n) is 19.6. The Morgan fingerprint density at radius 3 is 2.32 bits per heavy atom. The normalized spacial score (nSPS) is 41.7. The molecule has 0 bridgehead atoms. The molecule has 2 N–H and O–H groups in total. The monoisotopic (exact) mass is 488 g/mol. The fraction of sp³-hybridized carbons (Fsp3) is 0.880. The fourth-order valence-electron chi connectivity index (χ4n) is 8.20. The molecule has 192 valence electrons. The Bertz CT molecular complexity index is 828. The molecular formula is C25H35F3O6. The molecule has 0 amide bonds. The lowest BCUT2D eigenvalue weighted by Crippen LogP contribution is -2.55.